The fourth-order valence-corrected chi connectivity index (χ4v) is 3.69. The molecular weight excluding hydrogens is 378 g/mol. The summed E-state index contributed by atoms with van der Waals surface area (Å²) in [4.78, 5) is 4.36. The predicted octanol–water partition coefficient (Wildman–Crippen LogP) is 6.01. The summed E-state index contributed by atoms with van der Waals surface area (Å²) in [6.07, 6.45) is 2.78. The Morgan fingerprint density at radius 1 is 1.07 bits per heavy atom. The summed E-state index contributed by atoms with van der Waals surface area (Å²) in [7, 11) is 0. The number of aromatic nitrogens is 1. The number of rotatable bonds is 5. The second kappa shape index (κ2) is 7.55. The number of nitrogens with one attached hydrogen (secondary N) is 1. The van der Waals surface area contributed by atoms with Gasteiger partial charge in [0.05, 0.1) is 0 Å². The molecule has 4 nitrogen and oxygen atoms in total. The van der Waals surface area contributed by atoms with Crippen LogP contribution in [0.3, 0.4) is 0 Å². The Hall–Kier alpha value is -2.63. The molecule has 0 spiro atoms. The summed E-state index contributed by atoms with van der Waals surface area (Å²) in [5.74, 6) is 0. The number of nitrogens with two attached hydrogens (primary N) is 1. The second-order valence-corrected chi connectivity index (χ2v) is 7.28. The average molecular weight is 396 g/mol. The van der Waals surface area contributed by atoms with Crippen LogP contribution in [0.1, 0.15) is 11.1 Å². The molecule has 27 heavy (non-hydrogen) atoms. The highest BCUT2D eigenvalue weighted by Crippen LogP contribution is 2.33. The van der Waals surface area contributed by atoms with Crippen LogP contribution in [-0.4, -0.2) is 11.2 Å². The Bertz CT molecular complexity index is 1090. The monoisotopic (exact) mass is 395 g/mol. The van der Waals surface area contributed by atoms with Crippen LogP contribution in [0, 0.1) is 0 Å². The molecule has 1 heterocycles. The summed E-state index contributed by atoms with van der Waals surface area (Å²) >= 11 is 7.76. The van der Waals surface area contributed by atoms with Crippen molar-refractivity contribution in [2.75, 3.05) is 16.7 Å². The first-order valence-corrected chi connectivity index (χ1v) is 10.1. The molecule has 3 N–H and O–H groups in total. The smallest absolute Gasteiger partial charge is 0.293 e. The number of nitrogen functional groups attached to an aromatic ring is 1. The van der Waals surface area contributed by atoms with Crippen molar-refractivity contribution >= 4 is 46.4 Å². The van der Waals surface area contributed by atoms with E-state index in [1.54, 1.807) is 11.9 Å². The zero-order valence-corrected chi connectivity index (χ0v) is 16.3. The van der Waals surface area contributed by atoms with Gasteiger partial charge in [-0.05, 0) is 59.5 Å². The highest BCUT2D eigenvalue weighted by atomic mass is 35.5. The topological polar surface area (TPSA) is 64.1 Å². The molecule has 6 heteroatoms. The van der Waals surface area contributed by atoms with E-state index in [-0.39, 0.29) is 6.01 Å². The van der Waals surface area contributed by atoms with E-state index in [1.807, 2.05) is 36.6 Å². The van der Waals surface area contributed by atoms with Crippen LogP contribution in [0.5, 0.6) is 0 Å². The third-order valence-electron chi connectivity index (χ3n) is 4.29. The molecule has 0 radical (unpaired) electrons. The van der Waals surface area contributed by atoms with Gasteiger partial charge < -0.3 is 14.9 Å². The van der Waals surface area contributed by atoms with Gasteiger partial charge in [-0.2, -0.15) is 4.98 Å². The minimum atomic E-state index is 0.165. The van der Waals surface area contributed by atoms with Crippen molar-refractivity contribution in [2.24, 2.45) is 0 Å². The minimum absolute atomic E-state index is 0.165. The lowest BCUT2D eigenvalue weighted by Crippen LogP contribution is -1.92. The molecule has 0 fully saturated rings. The number of hydrogen-bond acceptors (Lipinski definition) is 5. The largest absolute Gasteiger partial charge is 0.424 e. The highest BCUT2D eigenvalue weighted by Gasteiger charge is 2.13. The first-order valence-electron chi connectivity index (χ1n) is 8.45. The standard InChI is InChI=1S/C21H18ClN3OS/c1-27-25-17-7-5-13(6-8-17)9-14-10-18(15-3-2-4-16(22)12-15)20-19(11-14)26-21(23)24-20/h2-8,10-12,25H,9H2,1H3,(H2,23,24). The molecule has 0 aliphatic rings. The molecule has 0 atom stereocenters. The maximum Gasteiger partial charge on any atom is 0.293 e. The van der Waals surface area contributed by atoms with Crippen LogP contribution in [0.4, 0.5) is 11.7 Å². The first-order chi connectivity index (χ1) is 13.1. The van der Waals surface area contributed by atoms with Crippen molar-refractivity contribution in [3.8, 4) is 11.1 Å². The lowest BCUT2D eigenvalue weighted by atomic mass is 9.98. The summed E-state index contributed by atoms with van der Waals surface area (Å²) in [5.41, 5.74) is 12.6. The third kappa shape index (κ3) is 3.89. The number of fused-ring (bicyclic) bond motifs is 1. The number of hydrogen-bond donors (Lipinski definition) is 2. The number of oxazole rings is 1. The van der Waals surface area contributed by atoms with E-state index in [4.69, 9.17) is 21.8 Å². The average Bonchev–Trinajstić information content (AvgIpc) is 3.03. The molecule has 0 aliphatic heterocycles. The van der Waals surface area contributed by atoms with Crippen LogP contribution < -0.4 is 10.5 Å². The molecule has 1 aromatic heterocycles. The maximum absolute atomic E-state index is 6.19. The molecule has 0 saturated carbocycles. The summed E-state index contributed by atoms with van der Waals surface area (Å²) in [5, 5.41) is 0.680. The van der Waals surface area contributed by atoms with E-state index in [0.717, 1.165) is 34.3 Å². The Morgan fingerprint density at radius 3 is 2.63 bits per heavy atom. The van der Waals surface area contributed by atoms with E-state index in [1.165, 1.54) is 5.56 Å². The van der Waals surface area contributed by atoms with Crippen LogP contribution in [0.25, 0.3) is 22.2 Å². The Labute approximate surface area is 166 Å². The Morgan fingerprint density at radius 2 is 1.89 bits per heavy atom. The Kier molecular flexibility index (Phi) is 4.97. The van der Waals surface area contributed by atoms with E-state index in [0.29, 0.717) is 10.6 Å². The lowest BCUT2D eigenvalue weighted by molar-refractivity contribution is 0.626. The van der Waals surface area contributed by atoms with Crippen molar-refractivity contribution in [1.29, 1.82) is 0 Å². The van der Waals surface area contributed by atoms with E-state index >= 15 is 0 Å². The molecule has 4 rings (SSSR count). The zero-order valence-electron chi connectivity index (χ0n) is 14.7. The third-order valence-corrected chi connectivity index (χ3v) is 4.96. The summed E-state index contributed by atoms with van der Waals surface area (Å²) in [6.45, 7) is 0. The molecule has 136 valence electrons. The van der Waals surface area contributed by atoms with Gasteiger partial charge in [0.2, 0.25) is 0 Å². The van der Waals surface area contributed by atoms with Gasteiger partial charge in [0.15, 0.2) is 5.58 Å². The number of halogens is 1. The lowest BCUT2D eigenvalue weighted by Gasteiger charge is -2.08. The summed E-state index contributed by atoms with van der Waals surface area (Å²) in [6, 6.07) is 20.4. The van der Waals surface area contributed by atoms with Gasteiger partial charge in [0.25, 0.3) is 6.01 Å². The normalized spacial score (nSPS) is 11.0. The van der Waals surface area contributed by atoms with Crippen LogP contribution in [0.2, 0.25) is 5.02 Å². The van der Waals surface area contributed by atoms with Gasteiger partial charge >= 0.3 is 0 Å². The molecule has 0 saturated heterocycles. The van der Waals surface area contributed by atoms with Crippen LogP contribution in [-0.2, 0) is 6.42 Å². The maximum atomic E-state index is 6.19. The summed E-state index contributed by atoms with van der Waals surface area (Å²) < 4.78 is 8.84. The van der Waals surface area contributed by atoms with Crippen molar-refractivity contribution in [3.05, 3.63) is 76.8 Å². The molecular formula is C21H18ClN3OS. The van der Waals surface area contributed by atoms with Crippen molar-refractivity contribution in [3.63, 3.8) is 0 Å². The SMILES string of the molecule is CSNc1ccc(Cc2cc(-c3cccc(Cl)c3)c3nc(N)oc3c2)cc1. The van der Waals surface area contributed by atoms with E-state index in [9.17, 15) is 0 Å². The predicted molar refractivity (Wildman–Crippen MR) is 115 cm³/mol. The van der Waals surface area contributed by atoms with Crippen LogP contribution >= 0.6 is 23.5 Å². The minimum Gasteiger partial charge on any atom is -0.424 e. The van der Waals surface area contributed by atoms with Gasteiger partial charge in [-0.25, -0.2) is 0 Å². The molecule has 0 aliphatic carbocycles. The zero-order chi connectivity index (χ0) is 18.8. The van der Waals surface area contributed by atoms with Crippen molar-refractivity contribution in [1.82, 2.24) is 4.98 Å². The fraction of sp³-hybridized carbons (Fsp3) is 0.0952. The van der Waals surface area contributed by atoms with Gasteiger partial charge in [0.1, 0.15) is 5.52 Å². The molecule has 0 unspecified atom stereocenters. The fourth-order valence-electron chi connectivity index (χ4n) is 3.13. The van der Waals surface area contributed by atoms with Gasteiger partial charge in [-0.3, -0.25) is 0 Å². The molecule has 0 bridgehead atoms. The number of benzene rings is 3. The second-order valence-electron chi connectivity index (χ2n) is 6.23. The Balaban J connectivity index is 1.75. The van der Waals surface area contributed by atoms with Crippen molar-refractivity contribution in [2.45, 2.75) is 6.42 Å². The molecule has 4 aromatic rings. The molecule has 0 amide bonds. The van der Waals surface area contributed by atoms with E-state index in [2.05, 4.69) is 40.0 Å². The van der Waals surface area contributed by atoms with Crippen LogP contribution in [0.15, 0.2) is 65.1 Å². The first kappa shape index (κ1) is 17.8. The number of nitrogens with zero attached hydrogens (tertiary/aromatic N) is 1. The molecule has 3 aromatic carbocycles. The van der Waals surface area contributed by atoms with Gasteiger partial charge in [0, 0.05) is 22.5 Å². The van der Waals surface area contributed by atoms with Crippen molar-refractivity contribution < 1.29 is 4.42 Å². The van der Waals surface area contributed by atoms with E-state index < -0.39 is 0 Å². The quantitative estimate of drug-likeness (QED) is 0.405. The number of anilines is 2. The van der Waals surface area contributed by atoms with Gasteiger partial charge in [-0.15, -0.1) is 0 Å². The van der Waals surface area contributed by atoms with Gasteiger partial charge in [-0.1, -0.05) is 47.8 Å². The highest BCUT2D eigenvalue weighted by molar-refractivity contribution is 7.99.